The van der Waals surface area contributed by atoms with Crippen LogP contribution in [0.3, 0.4) is 0 Å². The Labute approximate surface area is 173 Å². The quantitative estimate of drug-likeness (QED) is 0.529. The molecule has 0 aliphatic rings. The summed E-state index contributed by atoms with van der Waals surface area (Å²) in [6, 6.07) is 14.7. The predicted octanol–water partition coefficient (Wildman–Crippen LogP) is 3.66. The summed E-state index contributed by atoms with van der Waals surface area (Å²) in [4.78, 5) is 29.9. The molecule has 0 spiro atoms. The number of para-hydroxylation sites is 1. The number of rotatable bonds is 6. The molecule has 1 amide bonds. The monoisotopic (exact) mass is 405 g/mol. The lowest BCUT2D eigenvalue weighted by molar-refractivity contribution is -0.122. The molecular formula is C23H23N3O4. The lowest BCUT2D eigenvalue weighted by Crippen LogP contribution is -2.36. The fraction of sp³-hybridized carbons (Fsp3) is 0.261. The molecule has 0 saturated carbocycles. The van der Waals surface area contributed by atoms with Crippen LogP contribution < -0.4 is 15.6 Å². The summed E-state index contributed by atoms with van der Waals surface area (Å²) in [7, 11) is 1.61. The summed E-state index contributed by atoms with van der Waals surface area (Å²) in [6.45, 7) is 3.92. The van der Waals surface area contributed by atoms with Gasteiger partial charge in [0.25, 0.3) is 5.56 Å². The highest BCUT2D eigenvalue weighted by Crippen LogP contribution is 2.25. The molecule has 1 N–H and O–H groups in total. The van der Waals surface area contributed by atoms with Crippen molar-refractivity contribution in [2.75, 3.05) is 7.11 Å². The second-order valence-corrected chi connectivity index (χ2v) is 7.52. The maximum absolute atomic E-state index is 12.8. The maximum atomic E-state index is 12.8. The van der Waals surface area contributed by atoms with E-state index >= 15 is 0 Å². The normalized spacial score (nSPS) is 12.4. The molecule has 7 nitrogen and oxygen atoms in total. The molecule has 154 valence electrons. The van der Waals surface area contributed by atoms with Gasteiger partial charge in [-0.1, -0.05) is 38.1 Å². The Balaban J connectivity index is 1.57. The fourth-order valence-corrected chi connectivity index (χ4v) is 3.55. The van der Waals surface area contributed by atoms with Crippen LogP contribution in [0.5, 0.6) is 5.75 Å². The number of benzene rings is 2. The Hall–Kier alpha value is -3.61. The number of hydrogen-bond donors (Lipinski definition) is 1. The first-order chi connectivity index (χ1) is 14.5. The molecule has 30 heavy (non-hydrogen) atoms. The number of methoxy groups -OCH3 is 1. The van der Waals surface area contributed by atoms with Crippen LogP contribution in [0.1, 0.15) is 25.5 Å². The zero-order chi connectivity index (χ0) is 21.3. The third-order valence-corrected chi connectivity index (χ3v) is 5.12. The second-order valence-electron chi connectivity index (χ2n) is 7.52. The van der Waals surface area contributed by atoms with Gasteiger partial charge in [-0.05, 0) is 35.7 Å². The van der Waals surface area contributed by atoms with E-state index in [0.29, 0.717) is 11.1 Å². The first-order valence-corrected chi connectivity index (χ1v) is 9.78. The van der Waals surface area contributed by atoms with Crippen molar-refractivity contribution < 1.29 is 13.9 Å². The summed E-state index contributed by atoms with van der Waals surface area (Å²) < 4.78 is 12.1. The molecule has 0 aliphatic carbocycles. The topological polar surface area (TPSA) is 86.4 Å². The number of furan rings is 1. The molecule has 1 unspecified atom stereocenters. The van der Waals surface area contributed by atoms with Crippen LogP contribution in [0.4, 0.5) is 0 Å². The molecule has 0 bridgehead atoms. The van der Waals surface area contributed by atoms with Crippen molar-refractivity contribution in [3.05, 3.63) is 70.8 Å². The van der Waals surface area contributed by atoms with Crippen LogP contribution in [0.15, 0.2) is 64.1 Å². The zero-order valence-corrected chi connectivity index (χ0v) is 17.1. The number of carbonyl (C=O) groups excluding carboxylic acids is 1. The van der Waals surface area contributed by atoms with Crippen molar-refractivity contribution in [2.45, 2.75) is 26.4 Å². The fourth-order valence-electron chi connectivity index (χ4n) is 3.55. The number of carbonyl (C=O) groups is 1. The Bertz CT molecular complexity index is 1260. The lowest BCUT2D eigenvalue weighted by Gasteiger charge is -2.23. The van der Waals surface area contributed by atoms with E-state index in [-0.39, 0.29) is 35.6 Å². The summed E-state index contributed by atoms with van der Waals surface area (Å²) in [5.41, 5.74) is 1.85. The highest BCUT2D eigenvalue weighted by Gasteiger charge is 2.20. The number of nitrogens with one attached hydrogen (secondary N) is 1. The maximum Gasteiger partial charge on any atom is 0.297 e. The van der Waals surface area contributed by atoms with Crippen molar-refractivity contribution in [2.24, 2.45) is 5.92 Å². The number of fused-ring (bicyclic) bond motifs is 3. The average molecular weight is 405 g/mol. The summed E-state index contributed by atoms with van der Waals surface area (Å²) >= 11 is 0. The average Bonchev–Trinajstić information content (AvgIpc) is 3.13. The summed E-state index contributed by atoms with van der Waals surface area (Å²) in [6.07, 6.45) is 1.39. The van der Waals surface area contributed by atoms with Gasteiger partial charge in [-0.2, -0.15) is 0 Å². The Kier molecular flexibility index (Phi) is 5.27. The number of aromatic nitrogens is 2. The van der Waals surface area contributed by atoms with Crippen molar-refractivity contribution in [1.82, 2.24) is 14.9 Å². The predicted molar refractivity (Wildman–Crippen MR) is 114 cm³/mol. The molecule has 2 aromatic carbocycles. The van der Waals surface area contributed by atoms with Gasteiger partial charge < -0.3 is 14.5 Å². The van der Waals surface area contributed by atoms with Gasteiger partial charge >= 0.3 is 0 Å². The van der Waals surface area contributed by atoms with Gasteiger partial charge in [0.1, 0.15) is 23.4 Å². The summed E-state index contributed by atoms with van der Waals surface area (Å²) in [5.74, 6) is 0.642. The Morgan fingerprint density at radius 2 is 1.90 bits per heavy atom. The minimum atomic E-state index is -0.378. The second kappa shape index (κ2) is 8.02. The van der Waals surface area contributed by atoms with Crippen LogP contribution in [0, 0.1) is 5.92 Å². The minimum Gasteiger partial charge on any atom is -0.497 e. The van der Waals surface area contributed by atoms with E-state index in [4.69, 9.17) is 9.15 Å². The van der Waals surface area contributed by atoms with Gasteiger partial charge in [-0.3, -0.25) is 14.2 Å². The number of nitrogens with zero attached hydrogens (tertiary/aromatic N) is 2. The largest absolute Gasteiger partial charge is 0.497 e. The van der Waals surface area contributed by atoms with Gasteiger partial charge in [-0.25, -0.2) is 4.98 Å². The number of amides is 1. The highest BCUT2D eigenvalue weighted by atomic mass is 16.5. The molecule has 0 radical (unpaired) electrons. The van der Waals surface area contributed by atoms with E-state index in [9.17, 15) is 9.59 Å². The van der Waals surface area contributed by atoms with Crippen LogP contribution in [-0.4, -0.2) is 22.6 Å². The SMILES string of the molecule is COc1ccc(C(NC(=O)Cn2cnc3c(oc4ccccc43)c2=O)C(C)C)cc1. The first-order valence-electron chi connectivity index (χ1n) is 9.78. The van der Waals surface area contributed by atoms with E-state index in [1.807, 2.05) is 56.3 Å². The van der Waals surface area contributed by atoms with Crippen LogP contribution in [0.25, 0.3) is 22.1 Å². The smallest absolute Gasteiger partial charge is 0.297 e. The molecule has 7 heteroatoms. The lowest BCUT2D eigenvalue weighted by atomic mass is 9.96. The Morgan fingerprint density at radius 1 is 1.17 bits per heavy atom. The van der Waals surface area contributed by atoms with E-state index in [2.05, 4.69) is 10.3 Å². The minimum absolute atomic E-state index is 0.141. The molecule has 2 heterocycles. The first kappa shape index (κ1) is 19.7. The molecule has 0 saturated heterocycles. The molecule has 0 aliphatic heterocycles. The zero-order valence-electron chi connectivity index (χ0n) is 17.1. The molecular weight excluding hydrogens is 382 g/mol. The van der Waals surface area contributed by atoms with Crippen LogP contribution >= 0.6 is 0 Å². The number of hydrogen-bond acceptors (Lipinski definition) is 5. The highest BCUT2D eigenvalue weighted by molar-refractivity contribution is 6.01. The number of ether oxygens (including phenoxy) is 1. The van der Waals surface area contributed by atoms with E-state index in [0.717, 1.165) is 16.7 Å². The van der Waals surface area contributed by atoms with E-state index < -0.39 is 0 Å². The van der Waals surface area contributed by atoms with Gasteiger partial charge in [0, 0.05) is 5.39 Å². The molecule has 0 fully saturated rings. The van der Waals surface area contributed by atoms with Crippen molar-refractivity contribution in [1.29, 1.82) is 0 Å². The van der Waals surface area contributed by atoms with Crippen molar-refractivity contribution in [3.63, 3.8) is 0 Å². The van der Waals surface area contributed by atoms with Crippen LogP contribution in [0.2, 0.25) is 0 Å². The standard InChI is InChI=1S/C23H23N3O4/c1-14(2)20(15-8-10-16(29-3)11-9-15)25-19(27)12-26-13-24-21-17-6-4-5-7-18(17)30-22(21)23(26)28/h4-11,13-14,20H,12H2,1-3H3,(H,25,27). The molecule has 1 atom stereocenters. The third-order valence-electron chi connectivity index (χ3n) is 5.12. The third kappa shape index (κ3) is 3.66. The van der Waals surface area contributed by atoms with Gasteiger partial charge in [-0.15, -0.1) is 0 Å². The molecule has 4 aromatic rings. The van der Waals surface area contributed by atoms with Crippen LogP contribution in [-0.2, 0) is 11.3 Å². The summed E-state index contributed by atoms with van der Waals surface area (Å²) in [5, 5.41) is 3.80. The van der Waals surface area contributed by atoms with Gasteiger partial charge in [0.2, 0.25) is 11.5 Å². The van der Waals surface area contributed by atoms with E-state index in [1.54, 1.807) is 13.2 Å². The van der Waals surface area contributed by atoms with E-state index in [1.165, 1.54) is 10.9 Å². The van der Waals surface area contributed by atoms with Crippen molar-refractivity contribution >= 4 is 28.0 Å². The van der Waals surface area contributed by atoms with Gasteiger partial charge in [0.15, 0.2) is 0 Å². The van der Waals surface area contributed by atoms with Crippen molar-refractivity contribution in [3.8, 4) is 5.75 Å². The molecule has 4 rings (SSSR count). The molecule has 2 aromatic heterocycles. The van der Waals surface area contributed by atoms with Gasteiger partial charge in [0.05, 0.1) is 19.5 Å². The Morgan fingerprint density at radius 3 is 2.60 bits per heavy atom.